The normalized spacial score (nSPS) is 12.0. The monoisotopic (exact) mass is 331 g/mol. The van der Waals surface area contributed by atoms with E-state index in [0.717, 1.165) is 7.05 Å². The van der Waals surface area contributed by atoms with Gasteiger partial charge in [0.2, 0.25) is 5.89 Å². The molecule has 10 heteroatoms. The maximum absolute atomic E-state index is 12.6. The Morgan fingerprint density at radius 3 is 2.65 bits per heavy atom. The molecule has 1 amide bonds. The highest BCUT2D eigenvalue weighted by molar-refractivity contribution is 5.92. The zero-order chi connectivity index (χ0) is 17.2. The molecule has 0 saturated heterocycles. The fourth-order valence-electron chi connectivity index (χ4n) is 1.83. The number of carbonyl (C=O) groups excluding carboxylic acids is 1. The van der Waals surface area contributed by atoms with E-state index in [1.807, 2.05) is 13.8 Å². The molecule has 2 aromatic rings. The summed E-state index contributed by atoms with van der Waals surface area (Å²) >= 11 is 0. The highest BCUT2D eigenvalue weighted by Crippen LogP contribution is 2.29. The molecule has 0 unspecified atom stereocenters. The average molecular weight is 331 g/mol. The smallest absolute Gasteiger partial charge is 0.350 e. The van der Waals surface area contributed by atoms with Gasteiger partial charge in [0, 0.05) is 32.0 Å². The summed E-state index contributed by atoms with van der Waals surface area (Å²) < 4.78 is 43.6. The lowest BCUT2D eigenvalue weighted by Crippen LogP contribution is -2.26. The minimum atomic E-state index is -4.56. The molecule has 7 nitrogen and oxygen atoms in total. The van der Waals surface area contributed by atoms with E-state index >= 15 is 0 Å². The minimum Gasteiger partial charge on any atom is -0.350 e. The van der Waals surface area contributed by atoms with Crippen LogP contribution < -0.4 is 5.32 Å². The topological polar surface area (TPSA) is 85.8 Å². The van der Waals surface area contributed by atoms with Crippen LogP contribution in [-0.4, -0.2) is 32.4 Å². The van der Waals surface area contributed by atoms with Crippen LogP contribution in [0.3, 0.4) is 0 Å². The number of aromatic nitrogens is 4. The molecule has 0 bridgehead atoms. The molecule has 0 aliphatic rings. The molecule has 0 radical (unpaired) electrons. The molecule has 0 atom stereocenters. The Kier molecular flexibility index (Phi) is 4.71. The number of amides is 1. The summed E-state index contributed by atoms with van der Waals surface area (Å²) in [4.78, 5) is 16.0. The zero-order valence-electron chi connectivity index (χ0n) is 12.8. The fourth-order valence-corrected chi connectivity index (χ4v) is 1.83. The number of halogens is 3. The summed E-state index contributed by atoms with van der Waals surface area (Å²) in [6.07, 6.45) is -4.25. The summed E-state index contributed by atoms with van der Waals surface area (Å²) in [6, 6.07) is 0.709. The van der Waals surface area contributed by atoms with Crippen LogP contribution in [0.2, 0.25) is 0 Å². The van der Waals surface area contributed by atoms with Gasteiger partial charge in [-0.25, -0.2) is 0 Å². The number of hydrogen-bond acceptors (Lipinski definition) is 5. The number of carbonyl (C=O) groups is 1. The molecule has 0 saturated carbocycles. The van der Waals surface area contributed by atoms with Crippen LogP contribution in [0, 0.1) is 0 Å². The summed E-state index contributed by atoms with van der Waals surface area (Å²) in [5.74, 6) is 0.320. The van der Waals surface area contributed by atoms with Crippen LogP contribution in [0.1, 0.15) is 47.7 Å². The Balaban J connectivity index is 1.92. The highest BCUT2D eigenvalue weighted by Gasteiger charge is 2.35. The largest absolute Gasteiger partial charge is 0.433 e. The van der Waals surface area contributed by atoms with Gasteiger partial charge in [0.25, 0.3) is 5.91 Å². The van der Waals surface area contributed by atoms with Crippen molar-refractivity contribution in [3.05, 3.63) is 29.2 Å². The van der Waals surface area contributed by atoms with Crippen LogP contribution in [0.4, 0.5) is 13.2 Å². The number of alkyl halides is 3. The number of hydrogen-bond donors (Lipinski definition) is 1. The predicted octanol–water partition coefficient (Wildman–Crippen LogP) is 1.92. The first kappa shape index (κ1) is 17.0. The van der Waals surface area contributed by atoms with E-state index in [1.165, 1.54) is 0 Å². The van der Waals surface area contributed by atoms with Crippen molar-refractivity contribution in [3.63, 3.8) is 0 Å². The molecule has 2 aromatic heterocycles. The second-order valence-electron chi connectivity index (χ2n) is 5.25. The van der Waals surface area contributed by atoms with Gasteiger partial charge < -0.3 is 9.84 Å². The standard InChI is InChI=1S/C13H16F3N5O2/c1-7(2)12-18-10(20-23-12)4-5-17-11(22)8-6-9(13(14,15)16)21(3)19-8/h6-7H,4-5H2,1-3H3,(H,17,22). The van der Waals surface area contributed by atoms with Crippen molar-refractivity contribution in [2.45, 2.75) is 32.4 Å². The van der Waals surface area contributed by atoms with Gasteiger partial charge in [0.05, 0.1) is 0 Å². The van der Waals surface area contributed by atoms with E-state index < -0.39 is 17.8 Å². The van der Waals surface area contributed by atoms with Gasteiger partial charge >= 0.3 is 6.18 Å². The summed E-state index contributed by atoms with van der Waals surface area (Å²) in [7, 11) is 1.13. The van der Waals surface area contributed by atoms with E-state index in [-0.39, 0.29) is 18.2 Å². The molecule has 2 heterocycles. The first-order chi connectivity index (χ1) is 10.7. The van der Waals surface area contributed by atoms with Gasteiger partial charge in [-0.1, -0.05) is 19.0 Å². The number of aryl methyl sites for hydroxylation is 1. The van der Waals surface area contributed by atoms with Crippen molar-refractivity contribution < 1.29 is 22.5 Å². The van der Waals surface area contributed by atoms with Crippen molar-refractivity contribution >= 4 is 5.91 Å². The summed E-state index contributed by atoms with van der Waals surface area (Å²) in [5, 5.41) is 9.79. The van der Waals surface area contributed by atoms with Crippen LogP contribution in [0.25, 0.3) is 0 Å². The second-order valence-corrected chi connectivity index (χ2v) is 5.25. The molecule has 0 aliphatic carbocycles. The molecule has 2 rings (SSSR count). The molecule has 1 N–H and O–H groups in total. The Bertz CT molecular complexity index is 690. The van der Waals surface area contributed by atoms with E-state index in [9.17, 15) is 18.0 Å². The maximum atomic E-state index is 12.6. The summed E-state index contributed by atoms with van der Waals surface area (Å²) in [5.41, 5.74) is -1.28. The van der Waals surface area contributed by atoms with Gasteiger partial charge in [-0.2, -0.15) is 23.3 Å². The molecular weight excluding hydrogens is 315 g/mol. The highest BCUT2D eigenvalue weighted by atomic mass is 19.4. The maximum Gasteiger partial charge on any atom is 0.433 e. The Labute approximate surface area is 129 Å². The first-order valence-corrected chi connectivity index (χ1v) is 6.90. The Morgan fingerprint density at radius 1 is 1.43 bits per heavy atom. The van der Waals surface area contributed by atoms with Gasteiger partial charge in [-0.05, 0) is 0 Å². The third-order valence-corrected chi connectivity index (χ3v) is 3.01. The van der Waals surface area contributed by atoms with Gasteiger partial charge in [0.1, 0.15) is 5.69 Å². The first-order valence-electron chi connectivity index (χ1n) is 6.90. The van der Waals surface area contributed by atoms with Crippen molar-refractivity contribution in [2.24, 2.45) is 7.05 Å². The molecule has 23 heavy (non-hydrogen) atoms. The second kappa shape index (κ2) is 6.39. The van der Waals surface area contributed by atoms with Gasteiger partial charge in [0.15, 0.2) is 11.5 Å². The Hall–Kier alpha value is -2.39. The van der Waals surface area contributed by atoms with Crippen LogP contribution >= 0.6 is 0 Å². The van der Waals surface area contributed by atoms with E-state index in [0.29, 0.717) is 28.9 Å². The molecule has 0 aliphatic heterocycles. The van der Waals surface area contributed by atoms with Crippen molar-refractivity contribution in [1.82, 2.24) is 25.2 Å². The van der Waals surface area contributed by atoms with E-state index in [1.54, 1.807) is 0 Å². The van der Waals surface area contributed by atoms with Crippen molar-refractivity contribution in [3.8, 4) is 0 Å². The van der Waals surface area contributed by atoms with Crippen LogP contribution in [-0.2, 0) is 19.6 Å². The number of rotatable bonds is 5. The average Bonchev–Trinajstić information content (AvgIpc) is 3.04. The molecule has 0 spiro atoms. The van der Waals surface area contributed by atoms with Crippen molar-refractivity contribution in [1.29, 1.82) is 0 Å². The minimum absolute atomic E-state index is 0.0974. The Morgan fingerprint density at radius 2 is 2.13 bits per heavy atom. The lowest BCUT2D eigenvalue weighted by molar-refractivity contribution is -0.143. The fraction of sp³-hybridized carbons (Fsp3) is 0.538. The number of nitrogens with one attached hydrogen (secondary N) is 1. The quantitative estimate of drug-likeness (QED) is 0.904. The van der Waals surface area contributed by atoms with E-state index in [4.69, 9.17) is 4.52 Å². The van der Waals surface area contributed by atoms with Gasteiger partial charge in [-0.15, -0.1) is 0 Å². The lowest BCUT2D eigenvalue weighted by atomic mass is 10.2. The van der Waals surface area contributed by atoms with Crippen molar-refractivity contribution in [2.75, 3.05) is 6.54 Å². The number of nitrogens with zero attached hydrogens (tertiary/aromatic N) is 4. The molecular formula is C13H16F3N5O2. The zero-order valence-corrected chi connectivity index (χ0v) is 12.8. The lowest BCUT2D eigenvalue weighted by Gasteiger charge is -2.04. The van der Waals surface area contributed by atoms with Crippen LogP contribution in [0.5, 0.6) is 0 Å². The molecule has 0 fully saturated rings. The summed E-state index contributed by atoms with van der Waals surface area (Å²) in [6.45, 7) is 3.96. The predicted molar refractivity (Wildman–Crippen MR) is 72.6 cm³/mol. The third-order valence-electron chi connectivity index (χ3n) is 3.01. The molecule has 126 valence electrons. The SMILES string of the molecule is CC(C)c1nc(CCNC(=O)c2cc(C(F)(F)F)n(C)n2)no1. The molecule has 0 aromatic carbocycles. The van der Waals surface area contributed by atoms with Crippen LogP contribution in [0.15, 0.2) is 10.6 Å². The third kappa shape index (κ3) is 4.08. The van der Waals surface area contributed by atoms with E-state index in [2.05, 4.69) is 20.6 Å². The van der Waals surface area contributed by atoms with Gasteiger partial charge in [-0.3, -0.25) is 9.48 Å².